The van der Waals surface area contributed by atoms with Crippen molar-refractivity contribution in [3.8, 4) is 11.6 Å². The number of benzene rings is 1. The first-order chi connectivity index (χ1) is 13.9. The lowest BCUT2D eigenvalue weighted by molar-refractivity contribution is -0.892. The van der Waals surface area contributed by atoms with E-state index in [0.717, 1.165) is 54.6 Å². The number of hydrogen-bond acceptors (Lipinski definition) is 5. The number of carbonyl (C=O) groups is 1. The Labute approximate surface area is 170 Å². The van der Waals surface area contributed by atoms with Gasteiger partial charge in [-0.1, -0.05) is 17.3 Å². The van der Waals surface area contributed by atoms with Crippen LogP contribution in [0.25, 0.3) is 5.82 Å². The SMILES string of the molecule is Cc1cc(-n2c(C)cc(C(=O)C[NH+]3CCN(c4ccccc4O)CC3)c2C)no1. The number of aromatic hydroxyl groups is 1. The molecule has 0 radical (unpaired) electrons. The fourth-order valence-corrected chi connectivity index (χ4v) is 4.15. The average Bonchev–Trinajstić information content (AvgIpc) is 3.25. The molecule has 0 bridgehead atoms. The van der Waals surface area contributed by atoms with Crippen LogP contribution in [0.3, 0.4) is 0 Å². The molecule has 2 aromatic heterocycles. The second kappa shape index (κ2) is 7.75. The maximum atomic E-state index is 13.0. The summed E-state index contributed by atoms with van der Waals surface area (Å²) in [5.41, 5.74) is 3.48. The number of Topliss-reactive ketones (excluding diaryl/α,β-unsaturated/α-hetero) is 1. The third kappa shape index (κ3) is 3.78. The van der Waals surface area contributed by atoms with E-state index in [4.69, 9.17) is 4.52 Å². The molecule has 2 N–H and O–H groups in total. The zero-order valence-electron chi connectivity index (χ0n) is 17.1. The molecule has 0 amide bonds. The van der Waals surface area contributed by atoms with E-state index in [1.165, 1.54) is 4.90 Å². The van der Waals surface area contributed by atoms with Crippen LogP contribution in [0, 0.1) is 20.8 Å². The van der Waals surface area contributed by atoms with Crippen molar-refractivity contribution >= 4 is 11.5 Å². The number of piperazine rings is 1. The standard InChI is InChI=1S/C22H26N4O3/c1-15-12-18(17(3)26(15)22-13-16(2)29-23-22)21(28)14-24-8-10-25(11-9-24)19-6-4-5-7-20(19)27/h4-7,12-13,27H,8-11,14H2,1-3H3/p+1. The first kappa shape index (κ1) is 19.3. The Morgan fingerprint density at radius 1 is 1.17 bits per heavy atom. The fraction of sp³-hybridized carbons (Fsp3) is 0.364. The molecule has 3 aromatic rings. The van der Waals surface area contributed by atoms with Gasteiger partial charge in [-0.25, -0.2) is 0 Å². The number of aromatic nitrogens is 2. The van der Waals surface area contributed by atoms with Gasteiger partial charge in [0.05, 0.1) is 31.9 Å². The highest BCUT2D eigenvalue weighted by atomic mass is 16.5. The highest BCUT2D eigenvalue weighted by molar-refractivity contribution is 5.98. The van der Waals surface area contributed by atoms with E-state index in [0.29, 0.717) is 18.1 Å². The summed E-state index contributed by atoms with van der Waals surface area (Å²) in [4.78, 5) is 16.5. The smallest absolute Gasteiger partial charge is 0.218 e. The molecule has 0 atom stereocenters. The predicted molar refractivity (Wildman–Crippen MR) is 110 cm³/mol. The van der Waals surface area contributed by atoms with Gasteiger partial charge in [0.15, 0.2) is 5.82 Å². The van der Waals surface area contributed by atoms with Gasteiger partial charge in [-0.15, -0.1) is 0 Å². The van der Waals surface area contributed by atoms with Gasteiger partial charge >= 0.3 is 0 Å². The fourth-order valence-electron chi connectivity index (χ4n) is 4.15. The van der Waals surface area contributed by atoms with Crippen molar-refractivity contribution < 1.29 is 19.3 Å². The summed E-state index contributed by atoms with van der Waals surface area (Å²) in [6.07, 6.45) is 0. The minimum atomic E-state index is 0.149. The number of ketones is 1. The molecule has 0 spiro atoms. The van der Waals surface area contributed by atoms with E-state index < -0.39 is 0 Å². The molecular formula is C22H27N4O3+. The van der Waals surface area contributed by atoms with Crippen LogP contribution < -0.4 is 9.80 Å². The molecular weight excluding hydrogens is 368 g/mol. The Kier molecular flexibility index (Phi) is 5.15. The monoisotopic (exact) mass is 395 g/mol. The van der Waals surface area contributed by atoms with Crippen molar-refractivity contribution in [3.05, 3.63) is 59.1 Å². The minimum Gasteiger partial charge on any atom is -0.506 e. The zero-order chi connectivity index (χ0) is 20.5. The van der Waals surface area contributed by atoms with Crippen LogP contribution in [0.2, 0.25) is 0 Å². The Balaban J connectivity index is 1.43. The second-order valence-electron chi connectivity index (χ2n) is 7.74. The summed E-state index contributed by atoms with van der Waals surface area (Å²) in [5, 5.41) is 14.1. The third-order valence-electron chi connectivity index (χ3n) is 5.68. The van der Waals surface area contributed by atoms with E-state index in [-0.39, 0.29) is 5.78 Å². The van der Waals surface area contributed by atoms with Gasteiger partial charge in [-0.2, -0.15) is 0 Å². The highest BCUT2D eigenvalue weighted by Gasteiger charge is 2.26. The average molecular weight is 395 g/mol. The molecule has 29 heavy (non-hydrogen) atoms. The summed E-state index contributed by atoms with van der Waals surface area (Å²) >= 11 is 0. The molecule has 1 saturated heterocycles. The van der Waals surface area contributed by atoms with Gasteiger partial charge in [0.2, 0.25) is 5.78 Å². The predicted octanol–water partition coefficient (Wildman–Crippen LogP) is 1.68. The number of nitrogens with one attached hydrogen (secondary N) is 1. The molecule has 4 rings (SSSR count). The van der Waals surface area contributed by atoms with E-state index in [1.807, 2.05) is 55.7 Å². The lowest BCUT2D eigenvalue weighted by Gasteiger charge is -2.33. The summed E-state index contributed by atoms with van der Waals surface area (Å²) in [6.45, 7) is 9.62. The number of phenolic OH excluding ortho intramolecular Hbond substituents is 1. The Morgan fingerprint density at radius 3 is 2.55 bits per heavy atom. The van der Waals surface area contributed by atoms with Gasteiger partial charge in [-0.3, -0.25) is 9.36 Å². The minimum absolute atomic E-state index is 0.149. The van der Waals surface area contributed by atoms with Gasteiger partial charge in [-0.05, 0) is 39.0 Å². The van der Waals surface area contributed by atoms with Crippen molar-refractivity contribution in [2.45, 2.75) is 20.8 Å². The van der Waals surface area contributed by atoms with Gasteiger partial charge in [0.1, 0.15) is 18.1 Å². The molecule has 0 saturated carbocycles. The van der Waals surface area contributed by atoms with Crippen LogP contribution in [0.15, 0.2) is 40.9 Å². The van der Waals surface area contributed by atoms with Gasteiger partial charge in [0, 0.05) is 23.0 Å². The quantitative estimate of drug-likeness (QED) is 0.643. The summed E-state index contributed by atoms with van der Waals surface area (Å²) in [7, 11) is 0. The normalized spacial score (nSPS) is 15.1. The largest absolute Gasteiger partial charge is 0.506 e. The number of anilines is 1. The first-order valence-electron chi connectivity index (χ1n) is 9.96. The maximum absolute atomic E-state index is 13.0. The van der Waals surface area contributed by atoms with Gasteiger partial charge in [0.25, 0.3) is 0 Å². The number of para-hydroxylation sites is 2. The van der Waals surface area contributed by atoms with E-state index in [2.05, 4.69) is 10.1 Å². The Bertz CT molecular complexity index is 1030. The van der Waals surface area contributed by atoms with Crippen LogP contribution in [0.5, 0.6) is 5.75 Å². The maximum Gasteiger partial charge on any atom is 0.218 e. The number of nitrogens with zero attached hydrogens (tertiary/aromatic N) is 3. The Hall–Kier alpha value is -3.06. The third-order valence-corrected chi connectivity index (χ3v) is 5.68. The van der Waals surface area contributed by atoms with E-state index in [9.17, 15) is 9.90 Å². The van der Waals surface area contributed by atoms with Crippen LogP contribution in [-0.2, 0) is 0 Å². The number of aryl methyl sites for hydroxylation is 2. The molecule has 7 heteroatoms. The summed E-state index contributed by atoms with van der Waals surface area (Å²) in [6, 6.07) is 11.2. The molecule has 3 heterocycles. The van der Waals surface area contributed by atoms with Crippen molar-refractivity contribution in [2.75, 3.05) is 37.6 Å². The number of phenols is 1. The van der Waals surface area contributed by atoms with E-state index in [1.54, 1.807) is 6.07 Å². The van der Waals surface area contributed by atoms with Crippen molar-refractivity contribution in [1.29, 1.82) is 0 Å². The lowest BCUT2D eigenvalue weighted by atomic mass is 10.1. The van der Waals surface area contributed by atoms with Crippen LogP contribution in [0.4, 0.5) is 5.69 Å². The van der Waals surface area contributed by atoms with E-state index >= 15 is 0 Å². The van der Waals surface area contributed by atoms with Gasteiger partial charge < -0.3 is 19.4 Å². The molecule has 1 fully saturated rings. The topological polar surface area (TPSA) is 75.9 Å². The van der Waals surface area contributed by atoms with Crippen molar-refractivity contribution in [1.82, 2.24) is 9.72 Å². The second-order valence-corrected chi connectivity index (χ2v) is 7.74. The molecule has 7 nitrogen and oxygen atoms in total. The van der Waals surface area contributed by atoms with Crippen LogP contribution in [0.1, 0.15) is 27.5 Å². The summed E-state index contributed by atoms with van der Waals surface area (Å²) in [5.74, 6) is 1.91. The molecule has 1 aromatic carbocycles. The Morgan fingerprint density at radius 2 is 1.90 bits per heavy atom. The number of rotatable bonds is 5. The number of hydrogen-bond donors (Lipinski definition) is 2. The zero-order valence-corrected chi connectivity index (χ0v) is 17.1. The molecule has 1 aliphatic heterocycles. The molecule has 1 aliphatic rings. The molecule has 152 valence electrons. The lowest BCUT2D eigenvalue weighted by Crippen LogP contribution is -3.15. The van der Waals surface area contributed by atoms with Crippen molar-refractivity contribution in [3.63, 3.8) is 0 Å². The highest BCUT2D eigenvalue weighted by Crippen LogP contribution is 2.26. The van der Waals surface area contributed by atoms with Crippen LogP contribution in [-0.4, -0.2) is 53.3 Å². The molecule has 0 unspecified atom stereocenters. The van der Waals surface area contributed by atoms with Crippen molar-refractivity contribution in [2.24, 2.45) is 0 Å². The summed E-state index contributed by atoms with van der Waals surface area (Å²) < 4.78 is 7.16. The molecule has 0 aliphatic carbocycles. The number of carbonyl (C=O) groups excluding carboxylic acids is 1. The van der Waals surface area contributed by atoms with Crippen LogP contribution >= 0.6 is 0 Å². The first-order valence-corrected chi connectivity index (χ1v) is 9.96. The number of quaternary nitrogens is 1.